The minimum atomic E-state index is -3.57. The molecular formula is C22H17O2PS. The van der Waals surface area contributed by atoms with Crippen LogP contribution in [0.1, 0.15) is 0 Å². The van der Waals surface area contributed by atoms with E-state index < -0.39 is 16.6 Å². The molecule has 0 unspecified atom stereocenters. The number of hydrogen-bond acceptors (Lipinski definition) is 2. The molecule has 0 aliphatic rings. The molecule has 0 N–H and O–H groups in total. The minimum absolute atomic E-state index is 0.398. The minimum Gasteiger partial charge on any atom is -0.219 e. The molecule has 0 bridgehead atoms. The molecule has 0 aromatic heterocycles. The van der Waals surface area contributed by atoms with Crippen LogP contribution in [0, 0.1) is 0 Å². The highest BCUT2D eigenvalue weighted by atomic mass is 32.8. The van der Waals surface area contributed by atoms with Crippen LogP contribution in [-0.4, -0.2) is 8.42 Å². The van der Waals surface area contributed by atoms with Crippen molar-refractivity contribution in [3.8, 4) is 0 Å². The summed E-state index contributed by atoms with van der Waals surface area (Å²) in [6.07, 6.45) is 0. The van der Waals surface area contributed by atoms with Gasteiger partial charge in [-0.15, -0.1) is 0 Å². The molecule has 0 saturated carbocycles. The van der Waals surface area contributed by atoms with Crippen LogP contribution in [-0.2, 0) is 9.46 Å². The first-order valence-corrected chi connectivity index (χ1v) is 11.7. The average Bonchev–Trinajstić information content (AvgIpc) is 2.69. The Bertz CT molecular complexity index is 1100. The van der Waals surface area contributed by atoms with Gasteiger partial charge in [0.05, 0.1) is 12.0 Å². The van der Waals surface area contributed by atoms with Gasteiger partial charge in [-0.05, 0) is 22.1 Å². The summed E-state index contributed by atoms with van der Waals surface area (Å²) in [5, 5.41) is 3.38. The van der Waals surface area contributed by atoms with Crippen molar-refractivity contribution in [3.63, 3.8) is 0 Å². The normalized spacial score (nSPS) is 11.7. The molecule has 4 aromatic carbocycles. The third kappa shape index (κ3) is 3.05. The quantitative estimate of drug-likeness (QED) is 0.486. The summed E-state index contributed by atoms with van der Waals surface area (Å²) in [6, 6.07) is 32.1. The number of rotatable bonds is 4. The van der Waals surface area contributed by atoms with E-state index in [2.05, 4.69) is 0 Å². The fourth-order valence-corrected chi connectivity index (χ4v) is 9.19. The van der Waals surface area contributed by atoms with Gasteiger partial charge in [0.1, 0.15) is 0 Å². The Balaban J connectivity index is 1.98. The molecule has 26 heavy (non-hydrogen) atoms. The maximum Gasteiger partial charge on any atom is 0.204 e. The van der Waals surface area contributed by atoms with Gasteiger partial charge in [0, 0.05) is 5.39 Å². The molecular weight excluding hydrogens is 359 g/mol. The lowest BCUT2D eigenvalue weighted by molar-refractivity contribution is 0.610. The van der Waals surface area contributed by atoms with E-state index in [1.54, 1.807) is 6.07 Å². The third-order valence-corrected chi connectivity index (χ3v) is 10.5. The SMILES string of the molecule is O=S(=O)(c1cccc2ccccc12)P(c1ccccc1)c1ccccc1. The fourth-order valence-electron chi connectivity index (χ4n) is 3.07. The van der Waals surface area contributed by atoms with Crippen molar-refractivity contribution in [3.05, 3.63) is 103 Å². The van der Waals surface area contributed by atoms with Gasteiger partial charge in [-0.3, -0.25) is 0 Å². The van der Waals surface area contributed by atoms with Crippen LogP contribution >= 0.6 is 7.12 Å². The molecule has 0 atom stereocenters. The Kier molecular flexibility index (Phi) is 4.58. The molecule has 0 aliphatic heterocycles. The van der Waals surface area contributed by atoms with E-state index in [1.165, 1.54) is 0 Å². The van der Waals surface area contributed by atoms with Crippen molar-refractivity contribution in [2.24, 2.45) is 0 Å². The van der Waals surface area contributed by atoms with Crippen molar-refractivity contribution in [1.82, 2.24) is 0 Å². The second-order valence-electron chi connectivity index (χ2n) is 5.92. The van der Waals surface area contributed by atoms with Crippen LogP contribution in [0.15, 0.2) is 108 Å². The Morgan fingerprint density at radius 2 is 1.04 bits per heavy atom. The summed E-state index contributed by atoms with van der Waals surface area (Å²) < 4.78 is 27.6. The maximum absolute atomic E-state index is 13.8. The van der Waals surface area contributed by atoms with Crippen LogP contribution in [0.5, 0.6) is 0 Å². The lowest BCUT2D eigenvalue weighted by Gasteiger charge is -2.20. The molecule has 4 heteroatoms. The van der Waals surface area contributed by atoms with Crippen molar-refractivity contribution >= 4 is 38.0 Å². The van der Waals surface area contributed by atoms with E-state index in [0.717, 1.165) is 21.4 Å². The first-order chi connectivity index (χ1) is 12.7. The zero-order chi connectivity index (χ0) is 18.0. The molecule has 0 spiro atoms. The summed E-state index contributed by atoms with van der Waals surface area (Å²) in [5.74, 6) is 0. The van der Waals surface area contributed by atoms with E-state index in [-0.39, 0.29) is 0 Å². The molecule has 4 rings (SSSR count). The van der Waals surface area contributed by atoms with E-state index in [0.29, 0.717) is 4.90 Å². The highest BCUT2D eigenvalue weighted by Gasteiger charge is 2.31. The molecule has 4 aromatic rings. The lowest BCUT2D eigenvalue weighted by Crippen LogP contribution is -2.18. The van der Waals surface area contributed by atoms with Crippen molar-refractivity contribution in [1.29, 1.82) is 0 Å². The van der Waals surface area contributed by atoms with Gasteiger partial charge in [0.25, 0.3) is 0 Å². The Labute approximate surface area is 154 Å². The second-order valence-corrected chi connectivity index (χ2v) is 11.5. The van der Waals surface area contributed by atoms with Crippen LogP contribution in [0.4, 0.5) is 0 Å². The molecule has 0 saturated heterocycles. The molecule has 0 amide bonds. The van der Waals surface area contributed by atoms with Crippen LogP contribution in [0.25, 0.3) is 10.8 Å². The van der Waals surface area contributed by atoms with E-state index >= 15 is 0 Å². The summed E-state index contributed by atoms with van der Waals surface area (Å²) in [7, 11) is -5.14. The van der Waals surface area contributed by atoms with Gasteiger partial charge < -0.3 is 0 Å². The molecule has 0 fully saturated rings. The zero-order valence-electron chi connectivity index (χ0n) is 14.0. The topological polar surface area (TPSA) is 34.1 Å². The van der Waals surface area contributed by atoms with Gasteiger partial charge in [-0.1, -0.05) is 97.1 Å². The van der Waals surface area contributed by atoms with E-state index in [9.17, 15) is 8.42 Å². The number of benzene rings is 4. The number of hydrogen-bond donors (Lipinski definition) is 0. The average molecular weight is 376 g/mol. The number of fused-ring (bicyclic) bond motifs is 1. The largest absolute Gasteiger partial charge is 0.219 e. The molecule has 0 aliphatic carbocycles. The van der Waals surface area contributed by atoms with E-state index in [4.69, 9.17) is 0 Å². The van der Waals surface area contributed by atoms with Crippen LogP contribution in [0.3, 0.4) is 0 Å². The second kappa shape index (κ2) is 7.03. The Morgan fingerprint density at radius 3 is 1.65 bits per heavy atom. The van der Waals surface area contributed by atoms with Gasteiger partial charge in [0.15, 0.2) is 0 Å². The molecule has 0 heterocycles. The van der Waals surface area contributed by atoms with E-state index in [1.807, 2.05) is 97.1 Å². The fraction of sp³-hybridized carbons (Fsp3) is 0. The Hall–Kier alpha value is -2.48. The monoisotopic (exact) mass is 376 g/mol. The van der Waals surface area contributed by atoms with Crippen LogP contribution in [0.2, 0.25) is 0 Å². The van der Waals surface area contributed by atoms with Gasteiger partial charge in [0.2, 0.25) is 9.46 Å². The predicted octanol–water partition coefficient (Wildman–Crippen LogP) is 4.66. The van der Waals surface area contributed by atoms with Crippen molar-refractivity contribution in [2.45, 2.75) is 4.90 Å². The Morgan fingerprint density at radius 1 is 0.538 bits per heavy atom. The summed E-state index contributed by atoms with van der Waals surface area (Å²) in [5.41, 5.74) is 0. The summed E-state index contributed by atoms with van der Waals surface area (Å²) in [6.45, 7) is 0. The third-order valence-electron chi connectivity index (χ3n) is 4.25. The maximum atomic E-state index is 13.8. The summed E-state index contributed by atoms with van der Waals surface area (Å²) >= 11 is 0. The van der Waals surface area contributed by atoms with Crippen LogP contribution < -0.4 is 10.6 Å². The molecule has 0 radical (unpaired) electrons. The molecule has 128 valence electrons. The smallest absolute Gasteiger partial charge is 0.204 e. The van der Waals surface area contributed by atoms with Crippen molar-refractivity contribution in [2.75, 3.05) is 0 Å². The van der Waals surface area contributed by atoms with Gasteiger partial charge >= 0.3 is 0 Å². The van der Waals surface area contributed by atoms with Crippen molar-refractivity contribution < 1.29 is 8.42 Å². The lowest BCUT2D eigenvalue weighted by atomic mass is 10.1. The highest BCUT2D eigenvalue weighted by Crippen LogP contribution is 2.47. The zero-order valence-corrected chi connectivity index (χ0v) is 15.7. The standard InChI is InChI=1S/C22H17O2PS/c23-26(24,22-17-9-11-18-10-7-8-16-21(18)22)25(19-12-3-1-4-13-19)20-14-5-2-6-15-20/h1-17H. The summed E-state index contributed by atoms with van der Waals surface area (Å²) in [4.78, 5) is 0.398. The predicted molar refractivity (Wildman–Crippen MR) is 110 cm³/mol. The first-order valence-electron chi connectivity index (χ1n) is 8.31. The van der Waals surface area contributed by atoms with Gasteiger partial charge in [-0.25, -0.2) is 8.42 Å². The van der Waals surface area contributed by atoms with Gasteiger partial charge in [-0.2, -0.15) is 0 Å². The highest BCUT2D eigenvalue weighted by molar-refractivity contribution is 8.54. The molecule has 2 nitrogen and oxygen atoms in total. The first kappa shape index (κ1) is 17.0.